The van der Waals surface area contributed by atoms with Crippen LogP contribution in [0, 0.1) is 36.6 Å². The Morgan fingerprint density at radius 1 is 1.06 bits per heavy atom. The summed E-state index contributed by atoms with van der Waals surface area (Å²) in [4.78, 5) is 3.79. The first-order chi connectivity index (χ1) is 7.02. The molecule has 0 heterocycles. The van der Waals surface area contributed by atoms with Gasteiger partial charge in [0.1, 0.15) is 8.24 Å². The van der Waals surface area contributed by atoms with E-state index < -0.39 is 8.24 Å². The summed E-state index contributed by atoms with van der Waals surface area (Å²) < 4.78 is 0. The van der Waals surface area contributed by atoms with Gasteiger partial charge in [0.2, 0.25) is 0 Å². The molecule has 5 radical (unpaired) electrons. The molecule has 0 saturated heterocycles. The van der Waals surface area contributed by atoms with Crippen LogP contribution in [0.2, 0.25) is 13.1 Å². The third-order valence-electron chi connectivity index (χ3n) is 2.79. The monoisotopic (exact) mass is 236 g/mol. The second-order valence-electron chi connectivity index (χ2n) is 6.94. The van der Waals surface area contributed by atoms with Gasteiger partial charge in [0.05, 0.1) is 0 Å². The summed E-state index contributed by atoms with van der Waals surface area (Å²) in [6, 6.07) is 0. The lowest BCUT2D eigenvalue weighted by Gasteiger charge is -2.43. The lowest BCUT2D eigenvalue weighted by molar-refractivity contribution is 0.502. The summed E-state index contributed by atoms with van der Waals surface area (Å²) in [5.41, 5.74) is 1.90. The van der Waals surface area contributed by atoms with E-state index in [1.165, 1.54) is 5.54 Å². The van der Waals surface area contributed by atoms with E-state index in [4.69, 9.17) is 0 Å². The van der Waals surface area contributed by atoms with E-state index in [1.54, 1.807) is 0 Å². The minimum Gasteiger partial charge on any atom is -0.332 e. The van der Waals surface area contributed by atoms with Crippen LogP contribution in [-0.2, 0) is 0 Å². The molecule has 2 heteroatoms. The van der Waals surface area contributed by atoms with Gasteiger partial charge >= 0.3 is 0 Å². The lowest BCUT2D eigenvalue weighted by atomic mass is 9.77. The summed E-state index contributed by atoms with van der Waals surface area (Å²) in [5, 5.41) is 0. The highest BCUT2D eigenvalue weighted by molar-refractivity contribution is 6.81. The molecule has 1 aliphatic carbocycles. The van der Waals surface area contributed by atoms with Crippen LogP contribution in [0.15, 0.2) is 0 Å². The Morgan fingerprint density at radius 2 is 1.50 bits per heavy atom. The highest BCUT2D eigenvalue weighted by atomic mass is 28.3. The Hall–Kier alpha value is 0.177. The third kappa shape index (κ3) is 4.21. The number of rotatable bonds is 2. The van der Waals surface area contributed by atoms with Gasteiger partial charge in [-0.25, -0.2) is 0 Å². The zero-order chi connectivity index (χ0) is 12.6. The van der Waals surface area contributed by atoms with Crippen LogP contribution in [0.5, 0.6) is 0 Å². The largest absolute Gasteiger partial charge is 0.332 e. The molecule has 0 aromatic heterocycles. The van der Waals surface area contributed by atoms with Crippen LogP contribution in [0.4, 0.5) is 0 Å². The van der Waals surface area contributed by atoms with Crippen LogP contribution >= 0.6 is 0 Å². The van der Waals surface area contributed by atoms with Gasteiger partial charge in [-0.2, -0.15) is 0 Å². The average molecular weight is 236 g/mol. The van der Waals surface area contributed by atoms with E-state index in [0.29, 0.717) is 0 Å². The predicted octanol–water partition coefficient (Wildman–Crippen LogP) is 3.55. The summed E-state index contributed by atoms with van der Waals surface area (Å²) in [5.74, 6) is 0. The van der Waals surface area contributed by atoms with E-state index in [9.17, 15) is 0 Å². The standard InChI is InChI=1S/C14H26NSi/c1-13(2,3)15-16(6,7)12-8-10-14(4,5)11-9-12/h8-11,15H,1-7H3. The molecule has 0 unspecified atom stereocenters. The van der Waals surface area contributed by atoms with Crippen LogP contribution in [0.3, 0.4) is 0 Å². The van der Waals surface area contributed by atoms with Crippen LogP contribution in [-0.4, -0.2) is 13.8 Å². The van der Waals surface area contributed by atoms with Crippen molar-refractivity contribution >= 4 is 8.24 Å². The van der Waals surface area contributed by atoms with Gasteiger partial charge in [-0.1, -0.05) is 26.9 Å². The molecule has 1 nitrogen and oxygen atoms in total. The maximum atomic E-state index is 3.79. The highest BCUT2D eigenvalue weighted by Gasteiger charge is 2.40. The van der Waals surface area contributed by atoms with E-state index in [-0.39, 0.29) is 11.0 Å². The summed E-state index contributed by atoms with van der Waals surface area (Å²) in [6.07, 6.45) is 9.23. The quantitative estimate of drug-likeness (QED) is 0.723. The Kier molecular flexibility index (Phi) is 3.96. The molecule has 1 rings (SSSR count). The molecule has 0 aliphatic heterocycles. The Labute approximate surface area is 103 Å². The SMILES string of the molecule is CC1(C)[CH][CH][C]([Si](C)(C)NC(C)(C)C)[CH][CH]1. The molecule has 1 aliphatic rings. The van der Waals surface area contributed by atoms with Crippen LogP contribution in [0.1, 0.15) is 34.6 Å². The number of hydrogen-bond acceptors (Lipinski definition) is 1. The van der Waals surface area contributed by atoms with Crippen molar-refractivity contribution in [3.63, 3.8) is 0 Å². The molecule has 1 saturated carbocycles. The molecule has 0 aromatic carbocycles. The Balaban J connectivity index is 2.58. The van der Waals surface area contributed by atoms with Gasteiger partial charge in [0, 0.05) is 5.54 Å². The van der Waals surface area contributed by atoms with Crippen molar-refractivity contribution in [1.29, 1.82) is 0 Å². The molecule has 0 amide bonds. The van der Waals surface area contributed by atoms with Crippen molar-refractivity contribution in [2.45, 2.75) is 53.3 Å². The van der Waals surface area contributed by atoms with E-state index >= 15 is 0 Å². The predicted molar refractivity (Wildman–Crippen MR) is 74.6 cm³/mol. The highest BCUT2D eigenvalue weighted by Crippen LogP contribution is 2.39. The molecule has 16 heavy (non-hydrogen) atoms. The molecule has 91 valence electrons. The Bertz CT molecular complexity index is 228. The first-order valence-corrected chi connectivity index (χ1v) is 9.07. The maximum absolute atomic E-state index is 3.79. The van der Waals surface area contributed by atoms with Gasteiger partial charge in [0.15, 0.2) is 0 Å². The Morgan fingerprint density at radius 3 is 1.88 bits per heavy atom. The van der Waals surface area contributed by atoms with Crippen molar-refractivity contribution < 1.29 is 0 Å². The topological polar surface area (TPSA) is 12.0 Å². The van der Waals surface area contributed by atoms with E-state index in [0.717, 1.165) is 0 Å². The lowest BCUT2D eigenvalue weighted by Crippen LogP contribution is -2.59. The summed E-state index contributed by atoms with van der Waals surface area (Å²) >= 11 is 0. The normalized spacial score (nSPS) is 23.4. The van der Waals surface area contributed by atoms with Gasteiger partial charge in [-0.3, -0.25) is 0 Å². The molecular formula is C14H26NSi. The number of hydrogen-bond donors (Lipinski definition) is 1. The molecular weight excluding hydrogens is 210 g/mol. The second-order valence-corrected chi connectivity index (χ2v) is 11.0. The smallest absolute Gasteiger partial charge is 0.127 e. The van der Waals surface area contributed by atoms with Gasteiger partial charge in [-0.15, -0.1) is 0 Å². The number of nitrogens with one attached hydrogen (secondary N) is 1. The van der Waals surface area contributed by atoms with E-state index in [2.05, 4.69) is 78.4 Å². The van der Waals surface area contributed by atoms with Crippen molar-refractivity contribution in [3.05, 3.63) is 31.2 Å². The fraction of sp³-hybridized carbons (Fsp3) is 0.643. The summed E-state index contributed by atoms with van der Waals surface area (Å²) in [7, 11) is -1.51. The average Bonchev–Trinajstić information content (AvgIpc) is 1.98. The first kappa shape index (κ1) is 14.2. The van der Waals surface area contributed by atoms with Crippen molar-refractivity contribution in [1.82, 2.24) is 4.98 Å². The fourth-order valence-corrected chi connectivity index (χ4v) is 5.17. The maximum Gasteiger partial charge on any atom is 0.127 e. The molecule has 1 N–H and O–H groups in total. The zero-order valence-electron chi connectivity index (χ0n) is 11.8. The molecule has 1 fully saturated rings. The molecule has 0 aromatic rings. The third-order valence-corrected chi connectivity index (χ3v) is 5.95. The van der Waals surface area contributed by atoms with Gasteiger partial charge < -0.3 is 4.98 Å². The van der Waals surface area contributed by atoms with Crippen molar-refractivity contribution in [3.8, 4) is 0 Å². The van der Waals surface area contributed by atoms with Gasteiger partial charge in [0.25, 0.3) is 0 Å². The van der Waals surface area contributed by atoms with Crippen LogP contribution in [0.25, 0.3) is 0 Å². The van der Waals surface area contributed by atoms with Crippen LogP contribution < -0.4 is 4.98 Å². The van der Waals surface area contributed by atoms with E-state index in [1.807, 2.05) is 0 Å². The molecule has 0 atom stereocenters. The molecule has 0 bridgehead atoms. The molecule has 0 spiro atoms. The summed E-state index contributed by atoms with van der Waals surface area (Å²) in [6.45, 7) is 15.9. The zero-order valence-corrected chi connectivity index (χ0v) is 12.8. The minimum absolute atomic E-state index is 0.192. The second kappa shape index (κ2) is 4.45. The minimum atomic E-state index is -1.51. The first-order valence-electron chi connectivity index (χ1n) is 6.07. The fourth-order valence-electron chi connectivity index (χ4n) is 2.15. The van der Waals surface area contributed by atoms with Crippen molar-refractivity contribution in [2.24, 2.45) is 5.41 Å². The van der Waals surface area contributed by atoms with Crippen molar-refractivity contribution in [2.75, 3.05) is 0 Å². The van der Waals surface area contributed by atoms with Gasteiger partial charge in [-0.05, 0) is 57.4 Å².